The molecule has 0 aromatic heterocycles. The van der Waals surface area contributed by atoms with E-state index in [0.717, 1.165) is 29.1 Å². The van der Waals surface area contributed by atoms with Crippen LogP contribution in [0.25, 0.3) is 0 Å². The van der Waals surface area contributed by atoms with Crippen LogP contribution in [0.15, 0.2) is 77.8 Å². The van der Waals surface area contributed by atoms with E-state index in [1.54, 1.807) is 7.11 Å². The number of methoxy groups -OCH3 is 1. The van der Waals surface area contributed by atoms with Gasteiger partial charge in [0.05, 0.1) is 18.6 Å². The fourth-order valence-corrected chi connectivity index (χ4v) is 5.03. The number of aliphatic imine (C=N–C) groups is 1. The molecule has 0 radical (unpaired) electrons. The molecule has 2 heterocycles. The summed E-state index contributed by atoms with van der Waals surface area (Å²) in [5.74, 6) is 2.96. The number of ether oxygens (including phenoxy) is 2. The van der Waals surface area contributed by atoms with Crippen molar-refractivity contribution >= 4 is 17.4 Å². The molecule has 3 aromatic rings. The van der Waals surface area contributed by atoms with E-state index >= 15 is 0 Å². The van der Waals surface area contributed by atoms with Crippen LogP contribution in [0, 0.1) is 0 Å². The zero-order valence-corrected chi connectivity index (χ0v) is 20.5. The van der Waals surface area contributed by atoms with E-state index in [-0.39, 0.29) is 17.9 Å². The number of amidine groups is 1. The van der Waals surface area contributed by atoms with Gasteiger partial charge in [-0.05, 0) is 43.2 Å². The van der Waals surface area contributed by atoms with Gasteiger partial charge in [-0.2, -0.15) is 0 Å². The van der Waals surface area contributed by atoms with Crippen LogP contribution in [0.2, 0.25) is 0 Å². The van der Waals surface area contributed by atoms with Crippen molar-refractivity contribution in [3.8, 4) is 17.2 Å². The number of rotatable bonds is 4. The maximum atomic E-state index is 13.6. The maximum absolute atomic E-state index is 13.6. The zero-order chi connectivity index (χ0) is 24.4. The third kappa shape index (κ3) is 4.36. The van der Waals surface area contributed by atoms with E-state index in [1.165, 1.54) is 0 Å². The lowest BCUT2D eigenvalue weighted by atomic mass is 9.94. The SMILES string of the molecule is CCC(C(=O)N1CCN(C2=Nc3ccccc3Oc3c(OC)cccc32)CC1C)c1ccccc1. The number of para-hydroxylation sites is 3. The van der Waals surface area contributed by atoms with Crippen LogP contribution in [0.3, 0.4) is 0 Å². The molecule has 1 fully saturated rings. The van der Waals surface area contributed by atoms with Gasteiger partial charge in [-0.15, -0.1) is 0 Å². The summed E-state index contributed by atoms with van der Waals surface area (Å²) in [5, 5.41) is 0. The molecule has 35 heavy (non-hydrogen) atoms. The average molecular weight is 470 g/mol. The molecule has 0 spiro atoms. The summed E-state index contributed by atoms with van der Waals surface area (Å²) in [6.45, 7) is 6.23. The molecular formula is C29H31N3O3. The third-order valence-electron chi connectivity index (χ3n) is 6.86. The predicted molar refractivity (Wildman–Crippen MR) is 138 cm³/mol. The maximum Gasteiger partial charge on any atom is 0.230 e. The van der Waals surface area contributed by atoms with Crippen molar-refractivity contribution in [3.63, 3.8) is 0 Å². The molecule has 0 N–H and O–H groups in total. The van der Waals surface area contributed by atoms with Crippen molar-refractivity contribution < 1.29 is 14.3 Å². The summed E-state index contributed by atoms with van der Waals surface area (Å²) >= 11 is 0. The van der Waals surface area contributed by atoms with Gasteiger partial charge in [-0.3, -0.25) is 4.79 Å². The van der Waals surface area contributed by atoms with Gasteiger partial charge in [0.2, 0.25) is 5.91 Å². The van der Waals surface area contributed by atoms with Gasteiger partial charge in [-0.25, -0.2) is 4.99 Å². The van der Waals surface area contributed by atoms with Gasteiger partial charge in [0.15, 0.2) is 17.2 Å². The van der Waals surface area contributed by atoms with Crippen LogP contribution in [-0.2, 0) is 4.79 Å². The largest absolute Gasteiger partial charge is 0.493 e. The van der Waals surface area contributed by atoms with Crippen LogP contribution in [-0.4, -0.2) is 54.3 Å². The number of hydrogen-bond acceptors (Lipinski definition) is 5. The first kappa shape index (κ1) is 23.0. The Morgan fingerprint density at radius 1 is 1.06 bits per heavy atom. The van der Waals surface area contributed by atoms with E-state index < -0.39 is 0 Å². The molecule has 0 bridgehead atoms. The van der Waals surface area contributed by atoms with Crippen molar-refractivity contribution in [2.45, 2.75) is 32.2 Å². The molecular weight excluding hydrogens is 438 g/mol. The Kier molecular flexibility index (Phi) is 6.45. The number of fused-ring (bicyclic) bond motifs is 2. The summed E-state index contributed by atoms with van der Waals surface area (Å²) in [4.78, 5) is 22.9. The molecule has 6 heteroatoms. The molecule has 1 saturated heterocycles. The fraction of sp³-hybridized carbons (Fsp3) is 0.310. The Labute approximate surface area is 206 Å². The topological polar surface area (TPSA) is 54.4 Å². The highest BCUT2D eigenvalue weighted by Crippen LogP contribution is 2.43. The van der Waals surface area contributed by atoms with Gasteiger partial charge < -0.3 is 19.3 Å². The molecule has 2 atom stereocenters. The summed E-state index contributed by atoms with van der Waals surface area (Å²) < 4.78 is 11.9. The molecule has 1 amide bonds. The second-order valence-electron chi connectivity index (χ2n) is 9.04. The first-order chi connectivity index (χ1) is 17.1. The van der Waals surface area contributed by atoms with Gasteiger partial charge in [-0.1, -0.05) is 55.5 Å². The van der Waals surface area contributed by atoms with Gasteiger partial charge in [0.1, 0.15) is 11.5 Å². The number of amides is 1. The smallest absolute Gasteiger partial charge is 0.230 e. The lowest BCUT2D eigenvalue weighted by Gasteiger charge is -2.42. The number of nitrogens with zero attached hydrogens (tertiary/aromatic N) is 3. The average Bonchev–Trinajstić information content (AvgIpc) is 3.06. The number of carbonyl (C=O) groups excluding carboxylic acids is 1. The molecule has 0 saturated carbocycles. The molecule has 5 rings (SSSR count). The van der Waals surface area contributed by atoms with E-state index in [2.05, 4.69) is 30.9 Å². The third-order valence-corrected chi connectivity index (χ3v) is 6.86. The lowest BCUT2D eigenvalue weighted by molar-refractivity contribution is -0.136. The van der Waals surface area contributed by atoms with Gasteiger partial charge >= 0.3 is 0 Å². The predicted octanol–water partition coefficient (Wildman–Crippen LogP) is 5.61. The molecule has 2 aliphatic heterocycles. The Morgan fingerprint density at radius 3 is 2.57 bits per heavy atom. The standard InChI is InChI=1S/C29H31N3O3/c1-4-22(21-11-6-5-7-12-21)29(33)32-18-17-31(19-20(32)2)28-23-13-10-16-26(34-3)27(23)35-25-15-9-8-14-24(25)30-28/h5-16,20,22H,4,17-19H2,1-3H3. The van der Waals surface area contributed by atoms with Crippen LogP contribution in [0.4, 0.5) is 5.69 Å². The van der Waals surface area contributed by atoms with Crippen molar-refractivity contribution in [2.24, 2.45) is 4.99 Å². The first-order valence-corrected chi connectivity index (χ1v) is 12.2. The van der Waals surface area contributed by atoms with E-state index in [9.17, 15) is 4.79 Å². The molecule has 3 aromatic carbocycles. The molecule has 2 aliphatic rings. The van der Waals surface area contributed by atoms with E-state index in [1.807, 2.05) is 65.6 Å². The Bertz CT molecular complexity index is 1240. The zero-order valence-electron chi connectivity index (χ0n) is 20.5. The minimum atomic E-state index is -0.120. The summed E-state index contributed by atoms with van der Waals surface area (Å²) in [6.07, 6.45) is 0.782. The second kappa shape index (κ2) is 9.82. The van der Waals surface area contributed by atoms with Crippen LogP contribution < -0.4 is 9.47 Å². The highest BCUT2D eigenvalue weighted by Gasteiger charge is 2.34. The number of hydrogen-bond donors (Lipinski definition) is 0. The van der Waals surface area contributed by atoms with E-state index in [4.69, 9.17) is 14.5 Å². The minimum Gasteiger partial charge on any atom is -0.493 e. The monoisotopic (exact) mass is 469 g/mol. The highest BCUT2D eigenvalue weighted by molar-refractivity contribution is 6.04. The number of benzene rings is 3. The minimum absolute atomic E-state index is 0.0465. The van der Waals surface area contributed by atoms with E-state index in [0.29, 0.717) is 36.9 Å². The summed E-state index contributed by atoms with van der Waals surface area (Å²) in [5.41, 5.74) is 2.75. The Morgan fingerprint density at radius 2 is 1.83 bits per heavy atom. The quantitative estimate of drug-likeness (QED) is 0.499. The molecule has 0 aliphatic carbocycles. The Balaban J connectivity index is 1.44. The van der Waals surface area contributed by atoms with Gasteiger partial charge in [0, 0.05) is 25.7 Å². The molecule has 2 unspecified atom stereocenters. The van der Waals surface area contributed by atoms with Gasteiger partial charge in [0.25, 0.3) is 0 Å². The Hall–Kier alpha value is -3.80. The molecule has 6 nitrogen and oxygen atoms in total. The van der Waals surface area contributed by atoms with Crippen molar-refractivity contribution in [1.82, 2.24) is 9.80 Å². The number of carbonyl (C=O) groups is 1. The normalized spacial score (nSPS) is 17.9. The second-order valence-corrected chi connectivity index (χ2v) is 9.04. The van der Waals surface area contributed by atoms with Crippen molar-refractivity contribution in [1.29, 1.82) is 0 Å². The van der Waals surface area contributed by atoms with Crippen LogP contribution >= 0.6 is 0 Å². The van der Waals surface area contributed by atoms with Crippen molar-refractivity contribution in [2.75, 3.05) is 26.7 Å². The van der Waals surface area contributed by atoms with Crippen molar-refractivity contribution in [3.05, 3.63) is 83.9 Å². The molecule has 180 valence electrons. The number of piperazine rings is 1. The van der Waals surface area contributed by atoms with Crippen LogP contribution in [0.1, 0.15) is 37.3 Å². The fourth-order valence-electron chi connectivity index (χ4n) is 5.03. The van der Waals surface area contributed by atoms with Crippen LogP contribution in [0.5, 0.6) is 17.2 Å². The highest BCUT2D eigenvalue weighted by atomic mass is 16.5. The first-order valence-electron chi connectivity index (χ1n) is 12.2. The summed E-state index contributed by atoms with van der Waals surface area (Å²) in [7, 11) is 1.65. The summed E-state index contributed by atoms with van der Waals surface area (Å²) in [6, 6.07) is 23.8. The lowest BCUT2D eigenvalue weighted by Crippen LogP contribution is -2.56.